The molecule has 0 unspecified atom stereocenters. The van der Waals surface area contributed by atoms with Gasteiger partial charge in [-0.3, -0.25) is 0 Å². The fourth-order valence-electron chi connectivity index (χ4n) is 3.34. The van der Waals surface area contributed by atoms with Crippen molar-refractivity contribution in [1.82, 2.24) is 0 Å². The minimum atomic E-state index is -0.237. The van der Waals surface area contributed by atoms with E-state index in [1.807, 2.05) is 42.5 Å². The van der Waals surface area contributed by atoms with E-state index in [0.29, 0.717) is 5.56 Å². The van der Waals surface area contributed by atoms with E-state index in [0.717, 1.165) is 36.3 Å². The maximum Gasteiger partial charge on any atom is 0.338 e. The van der Waals surface area contributed by atoms with Gasteiger partial charge < -0.3 is 4.74 Å². The zero-order chi connectivity index (χ0) is 17.7. The molecule has 0 N–H and O–H groups in total. The number of hydrogen-bond acceptors (Lipinski definition) is 2. The molecule has 2 nitrogen and oxygen atoms in total. The zero-order valence-corrected chi connectivity index (χ0v) is 15.2. The Hall–Kier alpha value is -2.06. The van der Waals surface area contributed by atoms with Gasteiger partial charge in [0.1, 0.15) is 6.10 Å². The summed E-state index contributed by atoms with van der Waals surface area (Å²) in [6.45, 7) is 2.18. The van der Waals surface area contributed by atoms with Crippen LogP contribution in [0, 0.1) is 5.41 Å². The van der Waals surface area contributed by atoms with Crippen molar-refractivity contribution in [2.45, 2.75) is 38.7 Å². The number of esters is 1. The molecule has 130 valence electrons. The van der Waals surface area contributed by atoms with Gasteiger partial charge in [0, 0.05) is 10.4 Å². The van der Waals surface area contributed by atoms with Crippen LogP contribution in [0.4, 0.5) is 0 Å². The van der Waals surface area contributed by atoms with Gasteiger partial charge in [-0.05, 0) is 49.1 Å². The first-order valence-electron chi connectivity index (χ1n) is 8.78. The van der Waals surface area contributed by atoms with Crippen LogP contribution in [-0.4, -0.2) is 12.1 Å². The molecule has 3 rings (SSSR count). The quantitative estimate of drug-likeness (QED) is 0.614. The van der Waals surface area contributed by atoms with Gasteiger partial charge in [-0.15, -0.1) is 0 Å². The van der Waals surface area contributed by atoms with Gasteiger partial charge in [0.05, 0.1) is 5.56 Å². The highest BCUT2D eigenvalue weighted by molar-refractivity contribution is 6.30. The molecule has 1 aliphatic rings. The van der Waals surface area contributed by atoms with Crippen LogP contribution in [0.15, 0.2) is 60.7 Å². The van der Waals surface area contributed by atoms with Crippen LogP contribution in [0.5, 0.6) is 0 Å². The maximum absolute atomic E-state index is 12.5. The van der Waals surface area contributed by atoms with Crippen LogP contribution >= 0.6 is 11.6 Å². The van der Waals surface area contributed by atoms with Crippen LogP contribution in [0.3, 0.4) is 0 Å². The van der Waals surface area contributed by atoms with Gasteiger partial charge in [-0.1, -0.05) is 67.4 Å². The number of ether oxygens (including phenoxy) is 1. The first-order valence-corrected chi connectivity index (χ1v) is 9.15. The van der Waals surface area contributed by atoms with E-state index in [9.17, 15) is 4.79 Å². The van der Waals surface area contributed by atoms with Crippen molar-refractivity contribution in [1.29, 1.82) is 0 Å². The lowest BCUT2D eigenvalue weighted by atomic mass is 9.73. The third kappa shape index (κ3) is 4.52. The summed E-state index contributed by atoms with van der Waals surface area (Å²) >= 11 is 5.94. The zero-order valence-electron chi connectivity index (χ0n) is 14.5. The van der Waals surface area contributed by atoms with Crippen molar-refractivity contribution in [2.24, 2.45) is 5.41 Å². The minimum absolute atomic E-state index is 0.0995. The SMILES string of the molecule is C[C@@]1(/C=C/c2ccc(Cl)cc2)CCCC[C@H]1OC(=O)c1ccccc1. The Morgan fingerprint density at radius 1 is 1.12 bits per heavy atom. The largest absolute Gasteiger partial charge is 0.458 e. The molecule has 2 aromatic rings. The van der Waals surface area contributed by atoms with Crippen molar-refractivity contribution in [3.63, 3.8) is 0 Å². The fourth-order valence-corrected chi connectivity index (χ4v) is 3.47. The van der Waals surface area contributed by atoms with Gasteiger partial charge in [-0.2, -0.15) is 0 Å². The fraction of sp³-hybridized carbons (Fsp3) is 0.318. The van der Waals surface area contributed by atoms with Crippen molar-refractivity contribution in [3.05, 3.63) is 76.8 Å². The number of halogens is 1. The highest BCUT2D eigenvalue weighted by Gasteiger charge is 2.37. The van der Waals surface area contributed by atoms with E-state index in [1.165, 1.54) is 0 Å². The highest BCUT2D eigenvalue weighted by atomic mass is 35.5. The Morgan fingerprint density at radius 3 is 2.56 bits per heavy atom. The second-order valence-corrected chi connectivity index (χ2v) is 7.33. The lowest BCUT2D eigenvalue weighted by molar-refractivity contribution is -0.0157. The summed E-state index contributed by atoms with van der Waals surface area (Å²) < 4.78 is 5.89. The van der Waals surface area contributed by atoms with E-state index < -0.39 is 0 Å². The minimum Gasteiger partial charge on any atom is -0.458 e. The van der Waals surface area contributed by atoms with Crippen LogP contribution in [0.25, 0.3) is 6.08 Å². The molecule has 0 saturated heterocycles. The molecule has 25 heavy (non-hydrogen) atoms. The Balaban J connectivity index is 1.75. The van der Waals surface area contributed by atoms with E-state index in [2.05, 4.69) is 19.1 Å². The first-order chi connectivity index (χ1) is 12.1. The van der Waals surface area contributed by atoms with Crippen molar-refractivity contribution < 1.29 is 9.53 Å². The van der Waals surface area contributed by atoms with Crippen molar-refractivity contribution in [2.75, 3.05) is 0 Å². The van der Waals surface area contributed by atoms with Crippen molar-refractivity contribution >= 4 is 23.6 Å². The smallest absolute Gasteiger partial charge is 0.338 e. The Morgan fingerprint density at radius 2 is 1.84 bits per heavy atom. The number of carbonyl (C=O) groups is 1. The molecule has 0 aromatic heterocycles. The molecule has 1 fully saturated rings. The number of benzene rings is 2. The van der Waals surface area contributed by atoms with Crippen LogP contribution in [0.2, 0.25) is 5.02 Å². The third-order valence-electron chi connectivity index (χ3n) is 4.95. The second-order valence-electron chi connectivity index (χ2n) is 6.90. The average Bonchev–Trinajstić information content (AvgIpc) is 2.64. The lowest BCUT2D eigenvalue weighted by Gasteiger charge is -2.38. The van der Waals surface area contributed by atoms with Gasteiger partial charge in [0.15, 0.2) is 0 Å². The molecule has 0 bridgehead atoms. The topological polar surface area (TPSA) is 26.3 Å². The van der Waals surface area contributed by atoms with Crippen molar-refractivity contribution in [3.8, 4) is 0 Å². The number of hydrogen-bond donors (Lipinski definition) is 0. The Bertz CT molecular complexity index is 736. The van der Waals surface area contributed by atoms with E-state index in [4.69, 9.17) is 16.3 Å². The second kappa shape index (κ2) is 7.88. The molecular formula is C22H23ClO2. The predicted octanol–water partition coefficient (Wildman–Crippen LogP) is 6.16. The van der Waals surface area contributed by atoms with Gasteiger partial charge >= 0.3 is 5.97 Å². The van der Waals surface area contributed by atoms with E-state index >= 15 is 0 Å². The molecule has 0 aliphatic heterocycles. The molecule has 0 amide bonds. The summed E-state index contributed by atoms with van der Waals surface area (Å²) in [4.78, 5) is 12.5. The summed E-state index contributed by atoms with van der Waals surface area (Å²) in [5.41, 5.74) is 1.56. The van der Waals surface area contributed by atoms with E-state index in [1.54, 1.807) is 12.1 Å². The Kier molecular flexibility index (Phi) is 5.60. The standard InChI is InChI=1S/C22H23ClO2/c1-22(16-14-17-10-12-19(23)13-11-17)15-6-5-9-20(22)25-21(24)18-7-3-2-4-8-18/h2-4,7-8,10-14,16,20H,5-6,9,15H2,1H3/b16-14+/t20-,22+/m1/s1. The summed E-state index contributed by atoms with van der Waals surface area (Å²) in [7, 11) is 0. The molecule has 1 saturated carbocycles. The van der Waals surface area contributed by atoms with Gasteiger partial charge in [0.2, 0.25) is 0 Å². The van der Waals surface area contributed by atoms with Crippen LogP contribution < -0.4 is 0 Å². The molecule has 2 aromatic carbocycles. The van der Waals surface area contributed by atoms with Gasteiger partial charge in [0.25, 0.3) is 0 Å². The summed E-state index contributed by atoms with van der Waals surface area (Å²) in [5.74, 6) is -0.237. The Labute approximate surface area is 154 Å². The first kappa shape index (κ1) is 17.8. The third-order valence-corrected chi connectivity index (χ3v) is 5.20. The summed E-state index contributed by atoms with van der Waals surface area (Å²) in [6, 6.07) is 17.0. The molecule has 0 spiro atoms. The number of carbonyl (C=O) groups excluding carboxylic acids is 1. The summed E-state index contributed by atoms with van der Waals surface area (Å²) in [6.07, 6.45) is 8.36. The maximum atomic E-state index is 12.5. The van der Waals surface area contributed by atoms with Gasteiger partial charge in [-0.25, -0.2) is 4.79 Å². The molecular weight excluding hydrogens is 332 g/mol. The predicted molar refractivity (Wildman–Crippen MR) is 103 cm³/mol. The lowest BCUT2D eigenvalue weighted by Crippen LogP contribution is -2.37. The number of rotatable bonds is 4. The molecule has 0 radical (unpaired) electrons. The average molecular weight is 355 g/mol. The molecule has 2 atom stereocenters. The molecule has 1 aliphatic carbocycles. The monoisotopic (exact) mass is 354 g/mol. The normalized spacial score (nSPS) is 23.5. The molecule has 3 heteroatoms. The summed E-state index contributed by atoms with van der Waals surface area (Å²) in [5, 5.41) is 0.732. The highest BCUT2D eigenvalue weighted by Crippen LogP contribution is 2.40. The molecule has 0 heterocycles. The van der Waals surface area contributed by atoms with Crippen LogP contribution in [0.1, 0.15) is 48.5 Å². The van der Waals surface area contributed by atoms with Crippen LogP contribution in [-0.2, 0) is 4.74 Å². The van der Waals surface area contributed by atoms with E-state index in [-0.39, 0.29) is 17.5 Å².